The highest BCUT2D eigenvalue weighted by Crippen LogP contribution is 2.74. The Labute approximate surface area is 228 Å². The predicted molar refractivity (Wildman–Crippen MR) is 135 cm³/mol. The highest BCUT2D eigenvalue weighted by Gasteiger charge is 2.80. The van der Waals surface area contributed by atoms with E-state index < -0.39 is 39.2 Å². The Kier molecular flexibility index (Phi) is 6.94. The summed E-state index contributed by atoms with van der Waals surface area (Å²) in [7, 11) is 0. The van der Waals surface area contributed by atoms with Gasteiger partial charge in [-0.05, 0) is 65.7 Å². The minimum absolute atomic E-state index is 0.0454. The Morgan fingerprint density at radius 3 is 2.00 bits per heavy atom. The molecule has 36 heavy (non-hydrogen) atoms. The van der Waals surface area contributed by atoms with Crippen molar-refractivity contribution in [2.45, 2.75) is 21.8 Å². The van der Waals surface area contributed by atoms with Crippen LogP contribution in [0.5, 0.6) is 0 Å². The van der Waals surface area contributed by atoms with Gasteiger partial charge in [0.1, 0.15) is 9.75 Å². The van der Waals surface area contributed by atoms with Crippen LogP contribution in [0.15, 0.2) is 60.7 Å². The van der Waals surface area contributed by atoms with Gasteiger partial charge in [-0.25, -0.2) is 0 Å². The summed E-state index contributed by atoms with van der Waals surface area (Å²) in [5, 5.41) is 3.22. The van der Waals surface area contributed by atoms with Crippen LogP contribution in [0.4, 0.5) is 18.9 Å². The van der Waals surface area contributed by atoms with Crippen molar-refractivity contribution in [3.8, 4) is 0 Å². The summed E-state index contributed by atoms with van der Waals surface area (Å²) in [4.78, 5) is 25.5. The van der Waals surface area contributed by atoms with Gasteiger partial charge in [-0.1, -0.05) is 64.1 Å². The van der Waals surface area contributed by atoms with E-state index >= 15 is 0 Å². The first-order chi connectivity index (χ1) is 16.7. The van der Waals surface area contributed by atoms with Crippen LogP contribution in [-0.2, 0) is 16.4 Å². The molecule has 0 radical (unpaired) electrons. The molecule has 1 aliphatic rings. The van der Waals surface area contributed by atoms with Crippen LogP contribution in [0.1, 0.15) is 33.0 Å². The third-order valence-electron chi connectivity index (χ3n) is 5.99. The van der Waals surface area contributed by atoms with Gasteiger partial charge in [-0.2, -0.15) is 13.2 Å². The number of nitrogens with two attached hydrogens (primary N) is 1. The molecule has 0 bridgehead atoms. The van der Waals surface area contributed by atoms with E-state index in [-0.39, 0.29) is 21.8 Å². The number of primary amides is 1. The van der Waals surface area contributed by atoms with Crippen LogP contribution in [0, 0.1) is 0 Å². The average molecular weight is 597 g/mol. The van der Waals surface area contributed by atoms with E-state index in [1.54, 1.807) is 12.1 Å². The summed E-state index contributed by atoms with van der Waals surface area (Å²) in [6.07, 6.45) is -4.54. The molecule has 3 aromatic rings. The second-order valence-corrected chi connectivity index (χ2v) is 10.8. The Morgan fingerprint density at radius 1 is 0.889 bits per heavy atom. The van der Waals surface area contributed by atoms with Crippen LogP contribution >= 0.6 is 58.0 Å². The molecule has 2 unspecified atom stereocenters. The van der Waals surface area contributed by atoms with Gasteiger partial charge in [-0.15, -0.1) is 0 Å². The maximum Gasteiger partial charge on any atom is 0.416 e. The number of anilines is 1. The van der Waals surface area contributed by atoms with Crippen LogP contribution in [0.3, 0.4) is 0 Å². The van der Waals surface area contributed by atoms with E-state index in [4.69, 9.17) is 63.7 Å². The Hall–Kier alpha value is -2.16. The van der Waals surface area contributed by atoms with Crippen molar-refractivity contribution in [3.63, 3.8) is 0 Å². The molecule has 0 aromatic heterocycles. The van der Waals surface area contributed by atoms with Crippen LogP contribution in [0.25, 0.3) is 0 Å². The number of hydrogen-bond acceptors (Lipinski definition) is 2. The first-order valence-electron chi connectivity index (χ1n) is 10.1. The lowest BCUT2D eigenvalue weighted by Gasteiger charge is -2.18. The quantitative estimate of drug-likeness (QED) is 0.298. The number of halogens is 8. The van der Waals surface area contributed by atoms with Gasteiger partial charge in [0, 0.05) is 21.5 Å². The molecule has 0 spiro atoms. The van der Waals surface area contributed by atoms with Crippen molar-refractivity contribution < 1.29 is 22.8 Å². The molecule has 2 atom stereocenters. The topological polar surface area (TPSA) is 72.2 Å². The molecule has 3 N–H and O–H groups in total. The number of hydrogen-bond donors (Lipinski definition) is 2. The van der Waals surface area contributed by atoms with Crippen molar-refractivity contribution >= 4 is 75.5 Å². The minimum Gasteiger partial charge on any atom is -0.369 e. The zero-order valence-corrected chi connectivity index (χ0v) is 21.5. The molecular formula is C24H14Cl5F3N2O2. The molecule has 0 heterocycles. The third kappa shape index (κ3) is 4.52. The first-order valence-corrected chi connectivity index (χ1v) is 12.0. The average Bonchev–Trinajstić information content (AvgIpc) is 3.31. The zero-order valence-electron chi connectivity index (χ0n) is 17.8. The summed E-state index contributed by atoms with van der Waals surface area (Å²) in [5.74, 6) is -2.40. The first kappa shape index (κ1) is 26.9. The van der Waals surface area contributed by atoms with E-state index in [1.807, 2.05) is 0 Å². The Morgan fingerprint density at radius 2 is 1.47 bits per heavy atom. The molecule has 0 aliphatic heterocycles. The fraction of sp³-hybridized carbons (Fsp3) is 0.167. The molecule has 1 saturated carbocycles. The van der Waals surface area contributed by atoms with Crippen molar-refractivity contribution in [2.24, 2.45) is 5.73 Å². The van der Waals surface area contributed by atoms with Crippen LogP contribution in [0.2, 0.25) is 15.1 Å². The normalized spacial score (nSPS) is 20.6. The lowest BCUT2D eigenvalue weighted by Crippen LogP contribution is -2.34. The minimum atomic E-state index is -4.54. The standard InChI is InChI=1S/C24H14Cl5F3N2O2/c25-15-7-12(8-16(26)10-15)19-22(21(33)36,23(19,28)29)14-5-6-17(27)18(9-14)34-20(35)11-1-3-13(4-2-11)24(30,31)32/h1-10,19H,(H2,33,36)(H,34,35). The summed E-state index contributed by atoms with van der Waals surface area (Å²) < 4.78 is 36.8. The number of benzene rings is 3. The van der Waals surface area contributed by atoms with Crippen LogP contribution in [-0.4, -0.2) is 16.1 Å². The summed E-state index contributed by atoms with van der Waals surface area (Å²) in [6.45, 7) is 0. The smallest absolute Gasteiger partial charge is 0.369 e. The van der Waals surface area contributed by atoms with Gasteiger partial charge in [0.05, 0.1) is 16.3 Å². The van der Waals surface area contributed by atoms with E-state index in [0.29, 0.717) is 15.6 Å². The lowest BCUT2D eigenvalue weighted by atomic mass is 9.89. The SMILES string of the molecule is NC(=O)C1(c2ccc(Cl)c(NC(=O)c3ccc(C(F)(F)F)cc3)c2)C(c2cc(Cl)cc(Cl)c2)C1(Cl)Cl. The van der Waals surface area contributed by atoms with Gasteiger partial charge in [0.15, 0.2) is 0 Å². The monoisotopic (exact) mass is 594 g/mol. The second kappa shape index (κ2) is 9.30. The molecule has 1 fully saturated rings. The number of carbonyl (C=O) groups excluding carboxylic acids is 2. The van der Waals surface area contributed by atoms with Gasteiger partial charge in [-0.3, -0.25) is 9.59 Å². The Balaban J connectivity index is 1.70. The van der Waals surface area contributed by atoms with E-state index in [2.05, 4.69) is 5.32 Å². The fourth-order valence-corrected chi connectivity index (χ4v) is 6.09. The van der Waals surface area contributed by atoms with Crippen molar-refractivity contribution in [1.82, 2.24) is 0 Å². The summed E-state index contributed by atoms with van der Waals surface area (Å²) >= 11 is 31.7. The largest absolute Gasteiger partial charge is 0.416 e. The molecule has 1 aliphatic carbocycles. The van der Waals surface area contributed by atoms with E-state index in [9.17, 15) is 22.8 Å². The number of carbonyl (C=O) groups is 2. The van der Waals surface area contributed by atoms with Gasteiger partial charge in [0.2, 0.25) is 5.91 Å². The molecule has 4 rings (SSSR count). The summed E-state index contributed by atoms with van der Waals surface area (Å²) in [6, 6.07) is 12.6. The number of nitrogens with one attached hydrogen (secondary N) is 1. The molecule has 2 amide bonds. The van der Waals surface area contributed by atoms with Crippen molar-refractivity contribution in [3.05, 3.63) is 98.0 Å². The highest BCUT2D eigenvalue weighted by atomic mass is 35.5. The molecule has 12 heteroatoms. The number of rotatable bonds is 5. The predicted octanol–water partition coefficient (Wildman–Crippen LogP) is 7.61. The van der Waals surface area contributed by atoms with Gasteiger partial charge in [0.25, 0.3) is 5.91 Å². The lowest BCUT2D eigenvalue weighted by molar-refractivity contribution is -0.137. The molecule has 3 aromatic carbocycles. The number of amides is 2. The fourth-order valence-electron chi connectivity index (χ4n) is 4.28. The maximum absolute atomic E-state index is 12.8. The highest BCUT2D eigenvalue weighted by molar-refractivity contribution is 6.55. The van der Waals surface area contributed by atoms with Crippen molar-refractivity contribution in [1.29, 1.82) is 0 Å². The van der Waals surface area contributed by atoms with Crippen molar-refractivity contribution in [2.75, 3.05) is 5.32 Å². The maximum atomic E-state index is 12.8. The Bertz CT molecular complexity index is 1360. The molecule has 0 saturated heterocycles. The van der Waals surface area contributed by atoms with E-state index in [1.165, 1.54) is 24.3 Å². The van der Waals surface area contributed by atoms with E-state index in [0.717, 1.165) is 24.3 Å². The number of alkyl halides is 5. The zero-order chi connectivity index (χ0) is 26.6. The van der Waals surface area contributed by atoms with Crippen LogP contribution < -0.4 is 11.1 Å². The third-order valence-corrected chi connectivity index (χ3v) is 7.79. The molecular weight excluding hydrogens is 583 g/mol. The summed E-state index contributed by atoms with van der Waals surface area (Å²) in [5.41, 5.74) is 4.02. The van der Waals surface area contributed by atoms with Gasteiger partial charge >= 0.3 is 6.18 Å². The molecule has 4 nitrogen and oxygen atoms in total. The van der Waals surface area contributed by atoms with Gasteiger partial charge < -0.3 is 11.1 Å². The second-order valence-electron chi connectivity index (χ2n) is 8.15. The molecule has 188 valence electrons.